The Balaban J connectivity index is 1.62. The van der Waals surface area contributed by atoms with E-state index in [9.17, 15) is 9.18 Å². The average molecular weight is 350 g/mol. The smallest absolute Gasteiger partial charge is 0.286 e. The number of nitrogens with zero attached hydrogens (tertiary/aromatic N) is 3. The van der Waals surface area contributed by atoms with Gasteiger partial charge in [0, 0.05) is 18.3 Å². The molecule has 1 saturated heterocycles. The summed E-state index contributed by atoms with van der Waals surface area (Å²) in [6, 6.07) is 5.91. The van der Waals surface area contributed by atoms with Crippen molar-refractivity contribution in [2.24, 2.45) is 0 Å². The molecule has 2 heterocycles. The normalized spacial score (nSPS) is 21.6. The number of carbonyl (C=O) groups excluding carboxylic acids is 1. The number of halogens is 1. The number of rotatable bonds is 4. The van der Waals surface area contributed by atoms with Crippen molar-refractivity contribution >= 4 is 22.9 Å². The number of carbonyl (C=O) groups is 1. The molecule has 0 aliphatic carbocycles. The molecule has 3 rings (SSSR count). The summed E-state index contributed by atoms with van der Waals surface area (Å²) >= 11 is 1.27. The molecular weight excluding hydrogens is 331 g/mol. The first-order valence-electron chi connectivity index (χ1n) is 7.76. The highest BCUT2D eigenvalue weighted by molar-refractivity contribution is 7.13. The number of amides is 1. The number of aromatic nitrogens is 2. The van der Waals surface area contributed by atoms with Gasteiger partial charge in [-0.05, 0) is 38.1 Å². The van der Waals surface area contributed by atoms with Gasteiger partial charge in [-0.25, -0.2) is 4.39 Å². The second-order valence-electron chi connectivity index (χ2n) is 5.88. The standard InChI is InChI=1S/C16H19FN4O2S/c1-10-9-23-11(2)7-21(10)8-14-19-20-16(24-14)15(22)18-13-5-3-12(17)4-6-13/h3-6,10-11H,7-9H2,1-2H3,(H,18,22). The maximum atomic E-state index is 12.9. The number of hydrogen-bond acceptors (Lipinski definition) is 6. The van der Waals surface area contributed by atoms with E-state index in [1.165, 1.54) is 35.6 Å². The van der Waals surface area contributed by atoms with Gasteiger partial charge in [0.1, 0.15) is 10.8 Å². The molecule has 128 valence electrons. The van der Waals surface area contributed by atoms with Crippen LogP contribution in [0, 0.1) is 5.82 Å². The van der Waals surface area contributed by atoms with Crippen molar-refractivity contribution in [1.82, 2.24) is 15.1 Å². The van der Waals surface area contributed by atoms with Crippen LogP contribution in [0.15, 0.2) is 24.3 Å². The third-order valence-electron chi connectivity index (χ3n) is 3.84. The molecule has 1 N–H and O–H groups in total. The maximum Gasteiger partial charge on any atom is 0.286 e. The fraction of sp³-hybridized carbons (Fsp3) is 0.438. The van der Waals surface area contributed by atoms with E-state index in [1.807, 2.05) is 6.92 Å². The van der Waals surface area contributed by atoms with Crippen molar-refractivity contribution in [2.75, 3.05) is 18.5 Å². The summed E-state index contributed by atoms with van der Waals surface area (Å²) in [6.45, 7) is 6.32. The van der Waals surface area contributed by atoms with E-state index in [1.54, 1.807) is 0 Å². The second kappa shape index (κ2) is 7.33. The van der Waals surface area contributed by atoms with E-state index < -0.39 is 0 Å². The van der Waals surface area contributed by atoms with E-state index in [2.05, 4.69) is 27.3 Å². The lowest BCUT2D eigenvalue weighted by Gasteiger charge is -2.36. The largest absolute Gasteiger partial charge is 0.376 e. The highest BCUT2D eigenvalue weighted by Crippen LogP contribution is 2.19. The molecule has 0 bridgehead atoms. The van der Waals surface area contributed by atoms with Crippen LogP contribution in [0.3, 0.4) is 0 Å². The van der Waals surface area contributed by atoms with Crippen molar-refractivity contribution in [1.29, 1.82) is 0 Å². The molecule has 0 spiro atoms. The van der Waals surface area contributed by atoms with Crippen LogP contribution in [-0.2, 0) is 11.3 Å². The third-order valence-corrected chi connectivity index (χ3v) is 4.75. The first-order valence-corrected chi connectivity index (χ1v) is 8.58. The lowest BCUT2D eigenvalue weighted by molar-refractivity contribution is -0.0527. The molecule has 6 nitrogen and oxygen atoms in total. The summed E-state index contributed by atoms with van der Waals surface area (Å²) in [5, 5.41) is 11.8. The predicted molar refractivity (Wildman–Crippen MR) is 89.5 cm³/mol. The first-order chi connectivity index (χ1) is 11.5. The second-order valence-corrected chi connectivity index (χ2v) is 6.95. The average Bonchev–Trinajstić information content (AvgIpc) is 3.02. The summed E-state index contributed by atoms with van der Waals surface area (Å²) in [4.78, 5) is 14.5. The van der Waals surface area contributed by atoms with Gasteiger partial charge in [-0.1, -0.05) is 11.3 Å². The maximum absolute atomic E-state index is 12.9. The van der Waals surface area contributed by atoms with Gasteiger partial charge in [0.2, 0.25) is 5.01 Å². The number of hydrogen-bond donors (Lipinski definition) is 1. The van der Waals surface area contributed by atoms with Gasteiger partial charge in [0.25, 0.3) is 5.91 Å². The molecule has 1 aliphatic rings. The molecule has 1 aliphatic heterocycles. The Hall–Kier alpha value is -1.90. The fourth-order valence-electron chi connectivity index (χ4n) is 2.49. The zero-order valence-electron chi connectivity index (χ0n) is 13.5. The Labute approximate surface area is 143 Å². The molecule has 1 amide bonds. The zero-order chi connectivity index (χ0) is 17.1. The van der Waals surface area contributed by atoms with Crippen molar-refractivity contribution in [2.45, 2.75) is 32.5 Å². The van der Waals surface area contributed by atoms with Gasteiger partial charge in [0.15, 0.2) is 0 Å². The molecule has 8 heteroatoms. The number of benzene rings is 1. The van der Waals surface area contributed by atoms with Crippen LogP contribution in [0.2, 0.25) is 0 Å². The van der Waals surface area contributed by atoms with Gasteiger partial charge in [-0.3, -0.25) is 9.69 Å². The molecule has 24 heavy (non-hydrogen) atoms. The molecule has 0 saturated carbocycles. The molecule has 1 aromatic heterocycles. The SMILES string of the molecule is CC1CN(Cc2nnc(C(=O)Nc3ccc(F)cc3)s2)C(C)CO1. The van der Waals surface area contributed by atoms with E-state index >= 15 is 0 Å². The Morgan fingerprint density at radius 3 is 2.88 bits per heavy atom. The third kappa shape index (κ3) is 4.14. The monoisotopic (exact) mass is 350 g/mol. The van der Waals surface area contributed by atoms with Gasteiger partial charge < -0.3 is 10.1 Å². The molecule has 2 aromatic rings. The minimum atomic E-state index is -0.347. The number of anilines is 1. The van der Waals surface area contributed by atoms with Crippen LogP contribution in [0.4, 0.5) is 10.1 Å². The quantitative estimate of drug-likeness (QED) is 0.918. The van der Waals surface area contributed by atoms with Crippen LogP contribution in [0.1, 0.15) is 28.7 Å². The predicted octanol–water partition coefficient (Wildman–Crippen LogP) is 2.54. The summed E-state index contributed by atoms with van der Waals surface area (Å²) in [5.41, 5.74) is 0.522. The van der Waals surface area contributed by atoms with Crippen molar-refractivity contribution in [3.63, 3.8) is 0 Å². The molecule has 2 unspecified atom stereocenters. The zero-order valence-corrected chi connectivity index (χ0v) is 14.3. The van der Waals surface area contributed by atoms with Crippen LogP contribution in [-0.4, -0.2) is 46.3 Å². The Morgan fingerprint density at radius 1 is 1.38 bits per heavy atom. The van der Waals surface area contributed by atoms with E-state index in [0.29, 0.717) is 29.9 Å². The number of nitrogens with one attached hydrogen (secondary N) is 1. The van der Waals surface area contributed by atoms with Crippen molar-refractivity contribution < 1.29 is 13.9 Å². The van der Waals surface area contributed by atoms with Gasteiger partial charge in [-0.2, -0.15) is 0 Å². The molecule has 1 fully saturated rings. The molecule has 2 atom stereocenters. The van der Waals surface area contributed by atoms with Gasteiger partial charge in [-0.15, -0.1) is 10.2 Å². The minimum absolute atomic E-state index is 0.190. The summed E-state index contributed by atoms with van der Waals surface area (Å²) in [5.74, 6) is -0.686. The van der Waals surface area contributed by atoms with Crippen LogP contribution in [0.5, 0.6) is 0 Å². The van der Waals surface area contributed by atoms with Crippen LogP contribution in [0.25, 0.3) is 0 Å². The van der Waals surface area contributed by atoms with Gasteiger partial charge in [0.05, 0.1) is 19.3 Å². The fourth-order valence-corrected chi connectivity index (χ4v) is 3.25. The van der Waals surface area contributed by atoms with Crippen LogP contribution >= 0.6 is 11.3 Å². The molecule has 1 aromatic carbocycles. The van der Waals surface area contributed by atoms with Crippen molar-refractivity contribution in [3.05, 3.63) is 40.1 Å². The summed E-state index contributed by atoms with van der Waals surface area (Å²) < 4.78 is 18.5. The highest BCUT2D eigenvalue weighted by atomic mass is 32.1. The highest BCUT2D eigenvalue weighted by Gasteiger charge is 2.25. The van der Waals surface area contributed by atoms with Crippen molar-refractivity contribution in [3.8, 4) is 0 Å². The Bertz CT molecular complexity index is 706. The van der Waals surface area contributed by atoms with Gasteiger partial charge >= 0.3 is 0 Å². The Kier molecular flexibility index (Phi) is 5.17. The molecular formula is C16H19FN4O2S. The lowest BCUT2D eigenvalue weighted by atomic mass is 10.2. The minimum Gasteiger partial charge on any atom is -0.376 e. The number of morpholine rings is 1. The lowest BCUT2D eigenvalue weighted by Crippen LogP contribution is -2.46. The van der Waals surface area contributed by atoms with Crippen LogP contribution < -0.4 is 5.32 Å². The van der Waals surface area contributed by atoms with E-state index in [-0.39, 0.29) is 17.8 Å². The first kappa shape index (κ1) is 16.9. The Morgan fingerprint density at radius 2 is 2.12 bits per heavy atom. The summed E-state index contributed by atoms with van der Waals surface area (Å²) in [7, 11) is 0. The van der Waals surface area contributed by atoms with E-state index in [4.69, 9.17) is 4.74 Å². The van der Waals surface area contributed by atoms with E-state index in [0.717, 1.165) is 11.6 Å². The topological polar surface area (TPSA) is 67.4 Å². The summed E-state index contributed by atoms with van der Waals surface area (Å²) in [6.07, 6.45) is 0.190. The molecule has 0 radical (unpaired) electrons. The number of ether oxygens (including phenoxy) is 1.